The molecule has 1 aliphatic rings. The van der Waals surface area contributed by atoms with Crippen LogP contribution in [0, 0.1) is 11.8 Å². The fraction of sp³-hybridized carbons (Fsp3) is 0.538. The Morgan fingerprint density at radius 3 is 2.81 bits per heavy atom. The van der Waals surface area contributed by atoms with Crippen LogP contribution < -0.4 is 21.9 Å². The van der Waals surface area contributed by atoms with Gasteiger partial charge in [0, 0.05) is 42.4 Å². The molecule has 0 unspecified atom stereocenters. The van der Waals surface area contributed by atoms with Crippen LogP contribution in [0.3, 0.4) is 0 Å². The number of hydrogen-bond acceptors (Lipinski definition) is 8. The maximum absolute atomic E-state index is 12.3. The van der Waals surface area contributed by atoms with Gasteiger partial charge in [-0.25, -0.2) is 4.98 Å². The number of halogens is 1. The summed E-state index contributed by atoms with van der Waals surface area (Å²) < 4.78 is 8.98. The first-order valence-electron chi connectivity index (χ1n) is 12.9. The highest BCUT2D eigenvalue weighted by atomic mass is 127. The van der Waals surface area contributed by atoms with Gasteiger partial charge in [-0.3, -0.25) is 12.4 Å². The number of rotatable bonds is 10. The van der Waals surface area contributed by atoms with Gasteiger partial charge in [-0.1, -0.05) is 39.7 Å². The Labute approximate surface area is 230 Å². The summed E-state index contributed by atoms with van der Waals surface area (Å²) in [4.78, 5) is 29.0. The van der Waals surface area contributed by atoms with E-state index in [0.29, 0.717) is 13.2 Å². The first-order valence-corrected chi connectivity index (χ1v) is 13.9. The first kappa shape index (κ1) is 27.4. The van der Waals surface area contributed by atoms with E-state index in [-0.39, 0.29) is 29.4 Å². The molecule has 4 rings (SSSR count). The van der Waals surface area contributed by atoms with Crippen LogP contribution in [0.1, 0.15) is 57.6 Å². The lowest BCUT2D eigenvalue weighted by Crippen LogP contribution is -2.40. The second kappa shape index (κ2) is 12.2. The van der Waals surface area contributed by atoms with Gasteiger partial charge < -0.3 is 21.1 Å². The topological polar surface area (TPSA) is 129 Å². The number of hydrogen-bond donors (Lipinski definition) is 3. The molecule has 3 aromatic heterocycles. The Kier molecular flexibility index (Phi) is 9.06. The number of esters is 1. The molecule has 0 aromatic carbocycles. The number of nitrogens with two attached hydrogens (primary N) is 1. The van der Waals surface area contributed by atoms with Crippen LogP contribution in [0.25, 0.3) is 5.65 Å². The van der Waals surface area contributed by atoms with Crippen molar-refractivity contribution in [2.45, 2.75) is 71.5 Å². The van der Waals surface area contributed by atoms with E-state index in [1.54, 1.807) is 6.07 Å². The maximum Gasteiger partial charge on any atom is 0.323 e. The number of carbonyl (C=O) groups excluding carboxylic acids is 1. The Balaban J connectivity index is 1.53. The lowest BCUT2D eigenvalue weighted by molar-refractivity contribution is -0.148. The molecule has 0 spiro atoms. The zero-order chi connectivity index (χ0) is 26.5. The summed E-state index contributed by atoms with van der Waals surface area (Å²) in [6.07, 6.45) is 8.66. The van der Waals surface area contributed by atoms with Gasteiger partial charge in [-0.05, 0) is 30.7 Å². The summed E-state index contributed by atoms with van der Waals surface area (Å²) in [6, 6.07) is 4.88. The minimum absolute atomic E-state index is 0.0401. The largest absolute Gasteiger partial charge is 0.464 e. The molecule has 0 radical (unpaired) electrons. The van der Waals surface area contributed by atoms with Gasteiger partial charge in [0.15, 0.2) is 5.65 Å². The molecule has 1 aliphatic carbocycles. The molecule has 4 N–H and O–H groups in total. The van der Waals surface area contributed by atoms with Crippen molar-refractivity contribution in [1.82, 2.24) is 17.4 Å². The number of anilines is 2. The number of nitrogens with one attached hydrogen (secondary N) is 2. The number of ether oxygens (including phenoxy) is 1. The Bertz CT molecular complexity index is 1290. The highest BCUT2D eigenvalue weighted by molar-refractivity contribution is 14.1. The van der Waals surface area contributed by atoms with E-state index in [4.69, 9.17) is 15.5 Å². The van der Waals surface area contributed by atoms with E-state index < -0.39 is 6.04 Å². The molecule has 10 nitrogen and oxygen atoms in total. The molecule has 3 atom stereocenters. The van der Waals surface area contributed by atoms with Crippen molar-refractivity contribution in [3.05, 3.63) is 52.1 Å². The predicted octanol–water partition coefficient (Wildman–Crippen LogP) is 3.76. The summed E-state index contributed by atoms with van der Waals surface area (Å²) >= 11 is 1.98. The highest BCUT2D eigenvalue weighted by Crippen LogP contribution is 2.29. The fourth-order valence-corrected chi connectivity index (χ4v) is 5.12. The van der Waals surface area contributed by atoms with E-state index in [1.165, 1.54) is 2.78 Å². The van der Waals surface area contributed by atoms with Crippen molar-refractivity contribution in [2.75, 3.05) is 17.2 Å². The van der Waals surface area contributed by atoms with E-state index in [2.05, 4.69) is 22.7 Å². The highest BCUT2D eigenvalue weighted by Gasteiger charge is 2.28. The standard InChI is InChI=1S/C26H36IN7O3/c1-4-18-13-30-34-22(29-12-17-9-10-23(35)33(27)14-17)11-21(32-25(18)34)31-20-8-6-5-7-19(20)15-37-26(36)24(28)16(2)3/h9-11,13-14,16,19-20,24,29H,4-8,12,15,28H2,1-3H3,(H,31,32)/t19-,20-,24-/m0/s1. The minimum atomic E-state index is -0.603. The van der Waals surface area contributed by atoms with Crippen LogP contribution in [-0.2, 0) is 22.5 Å². The zero-order valence-electron chi connectivity index (χ0n) is 21.6. The van der Waals surface area contributed by atoms with Gasteiger partial charge in [0.25, 0.3) is 5.56 Å². The maximum atomic E-state index is 12.3. The Morgan fingerprint density at radius 2 is 2.08 bits per heavy atom. The fourth-order valence-electron chi connectivity index (χ4n) is 4.60. The quantitative estimate of drug-likeness (QED) is 0.231. The summed E-state index contributed by atoms with van der Waals surface area (Å²) in [5, 5.41) is 11.6. The van der Waals surface area contributed by atoms with E-state index in [0.717, 1.165) is 60.5 Å². The average Bonchev–Trinajstić information content (AvgIpc) is 3.31. The van der Waals surface area contributed by atoms with Gasteiger partial charge in [0.2, 0.25) is 0 Å². The number of fused-ring (bicyclic) bond motifs is 1. The van der Waals surface area contributed by atoms with Crippen LogP contribution in [0.5, 0.6) is 0 Å². The van der Waals surface area contributed by atoms with Crippen molar-refractivity contribution in [1.29, 1.82) is 0 Å². The van der Waals surface area contributed by atoms with Gasteiger partial charge in [0.05, 0.1) is 35.7 Å². The molecular formula is C26H36IN7O3. The van der Waals surface area contributed by atoms with E-state index in [1.807, 2.05) is 65.8 Å². The van der Waals surface area contributed by atoms with Crippen molar-refractivity contribution >= 4 is 46.1 Å². The number of aromatic nitrogens is 4. The molecule has 0 aliphatic heterocycles. The van der Waals surface area contributed by atoms with E-state index >= 15 is 0 Å². The van der Waals surface area contributed by atoms with Gasteiger partial charge in [-0.15, -0.1) is 0 Å². The SMILES string of the molecule is CCc1cnn2c(NCc3ccc(=O)n(I)c3)cc(N[C@H]3CCCC[C@H]3COC(=O)[C@@H](N)C(C)C)nc12. The average molecular weight is 622 g/mol. The summed E-state index contributed by atoms with van der Waals surface area (Å²) in [5.74, 6) is 1.45. The van der Waals surface area contributed by atoms with Crippen LogP contribution in [0.4, 0.5) is 11.6 Å². The van der Waals surface area contributed by atoms with Gasteiger partial charge in [0.1, 0.15) is 17.7 Å². The van der Waals surface area contributed by atoms with Gasteiger partial charge >= 0.3 is 5.97 Å². The van der Waals surface area contributed by atoms with Crippen LogP contribution in [0.15, 0.2) is 35.4 Å². The lowest BCUT2D eigenvalue weighted by Gasteiger charge is -2.32. The summed E-state index contributed by atoms with van der Waals surface area (Å²) in [6.45, 7) is 6.81. The molecule has 1 saturated carbocycles. The number of nitrogens with zero attached hydrogens (tertiary/aromatic N) is 4. The molecule has 3 aromatic rings. The molecule has 0 amide bonds. The first-order chi connectivity index (χ1) is 17.8. The number of carbonyl (C=O) groups is 1. The molecule has 37 heavy (non-hydrogen) atoms. The minimum Gasteiger partial charge on any atom is -0.464 e. The lowest BCUT2D eigenvalue weighted by atomic mass is 9.85. The normalized spacial score (nSPS) is 18.6. The van der Waals surface area contributed by atoms with E-state index in [9.17, 15) is 9.59 Å². The molecule has 0 saturated heterocycles. The van der Waals surface area contributed by atoms with Crippen molar-refractivity contribution in [3.8, 4) is 0 Å². The third-order valence-corrected chi connectivity index (χ3v) is 7.76. The Morgan fingerprint density at radius 1 is 1.30 bits per heavy atom. The second-order valence-corrected chi connectivity index (χ2v) is 11.1. The third-order valence-electron chi connectivity index (χ3n) is 7.00. The van der Waals surface area contributed by atoms with Crippen molar-refractivity contribution < 1.29 is 9.53 Å². The predicted molar refractivity (Wildman–Crippen MR) is 153 cm³/mol. The molecule has 3 heterocycles. The molecule has 0 bridgehead atoms. The second-order valence-electron chi connectivity index (χ2n) is 10.0. The zero-order valence-corrected chi connectivity index (χ0v) is 23.8. The van der Waals surface area contributed by atoms with Crippen LogP contribution in [0.2, 0.25) is 0 Å². The van der Waals surface area contributed by atoms with Crippen molar-refractivity contribution in [3.63, 3.8) is 0 Å². The van der Waals surface area contributed by atoms with Crippen LogP contribution >= 0.6 is 22.9 Å². The molecular weight excluding hydrogens is 585 g/mol. The molecule has 1 fully saturated rings. The molecule has 200 valence electrons. The Hall–Kier alpha value is -2.67. The monoisotopic (exact) mass is 621 g/mol. The third kappa shape index (κ3) is 6.61. The summed E-state index contributed by atoms with van der Waals surface area (Å²) in [5.41, 5.74) is 8.76. The van der Waals surface area contributed by atoms with Crippen molar-refractivity contribution in [2.24, 2.45) is 17.6 Å². The van der Waals surface area contributed by atoms with Gasteiger partial charge in [-0.2, -0.15) is 9.61 Å². The number of aryl methyl sites for hydroxylation is 1. The molecule has 11 heteroatoms. The smallest absolute Gasteiger partial charge is 0.323 e. The van der Waals surface area contributed by atoms with Crippen LogP contribution in [-0.4, -0.2) is 42.0 Å². The number of pyridine rings is 1. The summed E-state index contributed by atoms with van der Waals surface area (Å²) in [7, 11) is 0.